The highest BCUT2D eigenvalue weighted by molar-refractivity contribution is 6.45. The first-order chi connectivity index (χ1) is 7.16. The monoisotopic (exact) mass is 204 g/mol. The Hall–Kier alpha value is -0.995. The average Bonchev–Trinajstić information content (AvgIpc) is 2.97. The lowest BCUT2D eigenvalue weighted by Crippen LogP contribution is -2.38. The summed E-state index contributed by atoms with van der Waals surface area (Å²) in [6.07, 6.45) is 2.40. The van der Waals surface area contributed by atoms with Crippen molar-refractivity contribution in [2.45, 2.75) is 32.3 Å². The summed E-state index contributed by atoms with van der Waals surface area (Å²) in [4.78, 5) is 2.12. The smallest absolute Gasteiger partial charge is 0.376 e. The molecule has 15 heavy (non-hydrogen) atoms. The number of rotatable bonds is 4. The molecule has 4 heteroatoms. The fourth-order valence-corrected chi connectivity index (χ4v) is 1.87. The van der Waals surface area contributed by atoms with Crippen molar-refractivity contribution < 1.29 is 5.02 Å². The lowest BCUT2D eigenvalue weighted by atomic mass is 9.84. The molecule has 0 amide bonds. The summed E-state index contributed by atoms with van der Waals surface area (Å²) in [6, 6.07) is 8.42. The molecule has 0 aliphatic heterocycles. The van der Waals surface area contributed by atoms with Crippen molar-refractivity contribution in [2.75, 3.05) is 5.73 Å². The van der Waals surface area contributed by atoms with Crippen molar-refractivity contribution in [3.63, 3.8) is 0 Å². The number of nitrogen functional groups attached to an aromatic ring is 1. The van der Waals surface area contributed by atoms with Gasteiger partial charge < -0.3 is 15.6 Å². The fraction of sp³-hybridized carbons (Fsp3) is 0.455. The zero-order chi connectivity index (χ0) is 10.8. The number of nitrogens with zero attached hydrogens (tertiary/aromatic N) is 1. The molecule has 3 N–H and O–H groups in total. The van der Waals surface area contributed by atoms with Crippen molar-refractivity contribution in [3.8, 4) is 0 Å². The van der Waals surface area contributed by atoms with Crippen LogP contribution in [0.4, 0.5) is 5.69 Å². The maximum atomic E-state index is 9.65. The van der Waals surface area contributed by atoms with Gasteiger partial charge in [0.2, 0.25) is 0 Å². The van der Waals surface area contributed by atoms with Crippen LogP contribution in [0.25, 0.3) is 0 Å². The lowest BCUT2D eigenvalue weighted by molar-refractivity contribution is 0.351. The Balaban J connectivity index is 2.05. The molecule has 1 aliphatic rings. The van der Waals surface area contributed by atoms with E-state index < -0.39 is 0 Å². The Morgan fingerprint density at radius 1 is 1.53 bits per heavy atom. The van der Waals surface area contributed by atoms with Gasteiger partial charge >= 0.3 is 7.05 Å². The van der Waals surface area contributed by atoms with E-state index in [0.717, 1.165) is 12.2 Å². The van der Waals surface area contributed by atoms with Crippen molar-refractivity contribution in [1.82, 2.24) is 4.81 Å². The van der Waals surface area contributed by atoms with Gasteiger partial charge in [0.25, 0.3) is 0 Å². The molecule has 0 saturated heterocycles. The lowest BCUT2D eigenvalue weighted by Gasteiger charge is -2.22. The molecule has 80 valence electrons. The van der Waals surface area contributed by atoms with E-state index in [0.29, 0.717) is 6.04 Å². The number of nitrogens with two attached hydrogens (primary N) is 1. The van der Waals surface area contributed by atoms with Crippen LogP contribution < -0.4 is 5.73 Å². The SMILES string of the molecule is CB(O)N(Cc1cccc(N)c1)C1CC1. The summed E-state index contributed by atoms with van der Waals surface area (Å²) in [7, 11) is -0.376. The molecule has 1 aromatic rings. The van der Waals surface area contributed by atoms with Crippen molar-refractivity contribution in [3.05, 3.63) is 29.8 Å². The second-order valence-electron chi connectivity index (χ2n) is 4.28. The molecule has 3 nitrogen and oxygen atoms in total. The molecule has 0 unspecified atom stereocenters. The maximum Gasteiger partial charge on any atom is 0.376 e. The topological polar surface area (TPSA) is 49.5 Å². The highest BCUT2D eigenvalue weighted by Crippen LogP contribution is 2.28. The molecular weight excluding hydrogens is 187 g/mol. The van der Waals surface area contributed by atoms with Crippen LogP contribution in [0.1, 0.15) is 18.4 Å². The number of hydrogen-bond donors (Lipinski definition) is 2. The first-order valence-corrected chi connectivity index (χ1v) is 5.45. The number of anilines is 1. The summed E-state index contributed by atoms with van der Waals surface area (Å²) >= 11 is 0. The minimum Gasteiger partial charge on any atom is -0.437 e. The van der Waals surface area contributed by atoms with Crippen LogP contribution in [0.5, 0.6) is 0 Å². The predicted octanol–water partition coefficient (Wildman–Crippen LogP) is 1.34. The van der Waals surface area contributed by atoms with Gasteiger partial charge in [-0.3, -0.25) is 0 Å². The quantitative estimate of drug-likeness (QED) is 0.574. The first kappa shape index (κ1) is 10.5. The maximum absolute atomic E-state index is 9.65. The van der Waals surface area contributed by atoms with Gasteiger partial charge in [-0.2, -0.15) is 0 Å². The molecule has 0 radical (unpaired) electrons. The summed E-state index contributed by atoms with van der Waals surface area (Å²) in [5.41, 5.74) is 7.68. The van der Waals surface area contributed by atoms with Gasteiger partial charge in [-0.1, -0.05) is 12.1 Å². The highest BCUT2D eigenvalue weighted by atomic mass is 16.2. The second-order valence-corrected chi connectivity index (χ2v) is 4.28. The Morgan fingerprint density at radius 3 is 2.80 bits per heavy atom. The van der Waals surface area contributed by atoms with Crippen LogP contribution in [0.2, 0.25) is 6.82 Å². The van der Waals surface area contributed by atoms with Gasteiger partial charge in [0.05, 0.1) is 0 Å². The zero-order valence-corrected chi connectivity index (χ0v) is 9.06. The van der Waals surface area contributed by atoms with E-state index in [2.05, 4.69) is 4.81 Å². The molecule has 0 heterocycles. The Bertz CT molecular complexity index is 337. The van der Waals surface area contributed by atoms with Crippen LogP contribution in [-0.2, 0) is 6.54 Å². The van der Waals surface area contributed by atoms with Crippen LogP contribution in [-0.4, -0.2) is 22.9 Å². The summed E-state index contributed by atoms with van der Waals surface area (Å²) in [6.45, 7) is 2.61. The number of hydrogen-bond acceptors (Lipinski definition) is 3. The predicted molar refractivity (Wildman–Crippen MR) is 63.3 cm³/mol. The third-order valence-electron chi connectivity index (χ3n) is 2.81. The zero-order valence-electron chi connectivity index (χ0n) is 9.06. The van der Waals surface area contributed by atoms with E-state index in [1.54, 1.807) is 0 Å². The molecule has 2 rings (SSSR count). The van der Waals surface area contributed by atoms with Gasteiger partial charge in [-0.05, 0) is 37.4 Å². The number of benzene rings is 1. The molecule has 1 saturated carbocycles. The van der Waals surface area contributed by atoms with Crippen molar-refractivity contribution in [1.29, 1.82) is 0 Å². The fourth-order valence-electron chi connectivity index (χ4n) is 1.87. The Morgan fingerprint density at radius 2 is 2.27 bits per heavy atom. The largest absolute Gasteiger partial charge is 0.437 e. The summed E-state index contributed by atoms with van der Waals surface area (Å²) in [5.74, 6) is 0. The highest BCUT2D eigenvalue weighted by Gasteiger charge is 2.33. The summed E-state index contributed by atoms with van der Waals surface area (Å²) in [5, 5.41) is 9.65. The molecule has 0 spiro atoms. The van der Waals surface area contributed by atoms with Crippen LogP contribution in [0.3, 0.4) is 0 Å². The van der Waals surface area contributed by atoms with Crippen LogP contribution in [0, 0.1) is 0 Å². The third-order valence-corrected chi connectivity index (χ3v) is 2.81. The molecule has 1 aromatic carbocycles. The molecule has 0 atom stereocenters. The van der Waals surface area contributed by atoms with Gasteiger partial charge in [-0.25, -0.2) is 0 Å². The van der Waals surface area contributed by atoms with Crippen molar-refractivity contribution >= 4 is 12.7 Å². The Labute approximate surface area is 91.0 Å². The van der Waals surface area contributed by atoms with E-state index >= 15 is 0 Å². The van der Waals surface area contributed by atoms with Gasteiger partial charge in [0.15, 0.2) is 0 Å². The minimum atomic E-state index is -0.376. The van der Waals surface area contributed by atoms with Crippen LogP contribution >= 0.6 is 0 Å². The van der Waals surface area contributed by atoms with Gasteiger partial charge in [0, 0.05) is 18.3 Å². The second kappa shape index (κ2) is 4.25. The first-order valence-electron chi connectivity index (χ1n) is 5.45. The van der Waals surface area contributed by atoms with E-state index in [-0.39, 0.29) is 7.05 Å². The average molecular weight is 204 g/mol. The molecule has 1 fully saturated rings. The van der Waals surface area contributed by atoms with E-state index in [4.69, 9.17) is 5.73 Å². The molecule has 1 aliphatic carbocycles. The Kier molecular flexibility index (Phi) is 2.98. The van der Waals surface area contributed by atoms with Gasteiger partial charge in [-0.15, -0.1) is 0 Å². The third kappa shape index (κ3) is 2.73. The molecule has 0 bridgehead atoms. The molecular formula is C11H17BN2O. The van der Waals surface area contributed by atoms with E-state index in [1.165, 1.54) is 18.4 Å². The normalized spacial score (nSPS) is 15.7. The van der Waals surface area contributed by atoms with Crippen molar-refractivity contribution in [2.24, 2.45) is 0 Å². The van der Waals surface area contributed by atoms with Gasteiger partial charge in [0.1, 0.15) is 0 Å². The standard InChI is InChI=1S/C11H17BN2O/c1-12(15)14(11-5-6-11)8-9-3-2-4-10(13)7-9/h2-4,7,11,15H,5-6,8,13H2,1H3. The van der Waals surface area contributed by atoms with Crippen LogP contribution in [0.15, 0.2) is 24.3 Å². The summed E-state index contributed by atoms with van der Waals surface area (Å²) < 4.78 is 0. The van der Waals surface area contributed by atoms with E-state index in [1.807, 2.05) is 31.1 Å². The van der Waals surface area contributed by atoms with E-state index in [9.17, 15) is 5.02 Å². The minimum absolute atomic E-state index is 0.376. The molecule has 0 aromatic heterocycles.